The van der Waals surface area contributed by atoms with Crippen molar-refractivity contribution < 1.29 is 22.7 Å². The Labute approximate surface area is 226 Å². The molecule has 1 fully saturated rings. The fourth-order valence-corrected chi connectivity index (χ4v) is 8.10. The lowest BCUT2D eigenvalue weighted by Crippen LogP contribution is -2.50. The minimum atomic E-state index is -3.82. The van der Waals surface area contributed by atoms with Gasteiger partial charge in [-0.05, 0) is 95.0 Å². The highest BCUT2D eigenvalue weighted by atomic mass is 32.2. The summed E-state index contributed by atoms with van der Waals surface area (Å²) in [6.45, 7) is 12.1. The molecule has 7 nitrogen and oxygen atoms in total. The minimum absolute atomic E-state index is 0.180. The van der Waals surface area contributed by atoms with Gasteiger partial charge < -0.3 is 9.47 Å². The lowest BCUT2D eigenvalue weighted by molar-refractivity contribution is -0.149. The maximum absolute atomic E-state index is 14.1. The van der Waals surface area contributed by atoms with E-state index in [2.05, 4.69) is 19.9 Å². The molecule has 2 heterocycles. The molecule has 8 heteroatoms. The molecule has 4 rings (SSSR count). The molecule has 0 aliphatic carbocycles. The standard InChI is InChI=1S/C30H38N2O5S/c1-7-36-28(33)25(19-31)30(23-11-9-8-10-12-23)15-17-32(18-16-30)38(34,35)27-21(3)20(2)26-24(22(27)4)13-14-29(5,6)37-26/h8-12,25H,7,13-18H2,1-6H3. The molecule has 2 aromatic rings. The first-order valence-corrected chi connectivity index (χ1v) is 14.8. The molecule has 2 aliphatic heterocycles. The van der Waals surface area contributed by atoms with E-state index in [0.29, 0.717) is 23.3 Å². The number of fused-ring (bicyclic) bond motifs is 1. The molecule has 0 bridgehead atoms. The van der Waals surface area contributed by atoms with E-state index in [1.807, 2.05) is 51.1 Å². The van der Waals surface area contributed by atoms with Gasteiger partial charge in [0.05, 0.1) is 17.6 Å². The normalized spacial score (nSPS) is 19.5. The molecular weight excluding hydrogens is 500 g/mol. The predicted molar refractivity (Wildman–Crippen MR) is 146 cm³/mol. The smallest absolute Gasteiger partial charge is 0.324 e. The summed E-state index contributed by atoms with van der Waals surface area (Å²) in [5, 5.41) is 10.1. The number of nitriles is 1. The number of ether oxygens (including phenoxy) is 2. The second-order valence-corrected chi connectivity index (χ2v) is 13.0. The van der Waals surface area contributed by atoms with Gasteiger partial charge in [0.1, 0.15) is 11.4 Å². The van der Waals surface area contributed by atoms with Gasteiger partial charge in [0.15, 0.2) is 5.92 Å². The number of rotatable bonds is 6. The Morgan fingerprint density at radius 2 is 1.71 bits per heavy atom. The van der Waals surface area contributed by atoms with E-state index in [0.717, 1.165) is 40.8 Å². The predicted octanol–water partition coefficient (Wildman–Crippen LogP) is 5.14. The van der Waals surface area contributed by atoms with Crippen molar-refractivity contribution in [3.63, 3.8) is 0 Å². The molecule has 0 radical (unpaired) electrons. The highest BCUT2D eigenvalue weighted by molar-refractivity contribution is 7.89. The number of nitrogens with zero attached hydrogens (tertiary/aromatic N) is 2. The van der Waals surface area contributed by atoms with E-state index in [9.17, 15) is 18.5 Å². The van der Waals surface area contributed by atoms with Crippen LogP contribution in [-0.2, 0) is 31.4 Å². The highest BCUT2D eigenvalue weighted by Gasteiger charge is 2.49. The summed E-state index contributed by atoms with van der Waals surface area (Å²) in [5.74, 6) is -0.775. The number of hydrogen-bond acceptors (Lipinski definition) is 6. The summed E-state index contributed by atoms with van der Waals surface area (Å²) in [6.07, 6.45) is 2.26. The lowest BCUT2D eigenvalue weighted by atomic mass is 9.65. The molecule has 0 amide bonds. The van der Waals surface area contributed by atoms with E-state index in [1.54, 1.807) is 6.92 Å². The van der Waals surface area contributed by atoms with Crippen LogP contribution in [-0.4, -0.2) is 44.0 Å². The number of carbonyl (C=O) groups is 1. The molecule has 38 heavy (non-hydrogen) atoms. The minimum Gasteiger partial charge on any atom is -0.487 e. The molecule has 204 valence electrons. The Balaban J connectivity index is 1.71. The van der Waals surface area contributed by atoms with Crippen molar-refractivity contribution >= 4 is 16.0 Å². The first-order valence-electron chi connectivity index (χ1n) is 13.3. The summed E-state index contributed by atoms with van der Waals surface area (Å²) < 4.78 is 41.4. The maximum Gasteiger partial charge on any atom is 0.324 e. The van der Waals surface area contributed by atoms with E-state index >= 15 is 0 Å². The molecule has 1 unspecified atom stereocenters. The summed E-state index contributed by atoms with van der Waals surface area (Å²) in [5.41, 5.74) is 3.02. The molecule has 2 aromatic carbocycles. The molecule has 0 saturated carbocycles. The molecular formula is C30H38N2O5S. The van der Waals surface area contributed by atoms with E-state index in [4.69, 9.17) is 9.47 Å². The largest absolute Gasteiger partial charge is 0.487 e. The number of hydrogen-bond donors (Lipinski definition) is 0. The average Bonchev–Trinajstić information content (AvgIpc) is 2.88. The van der Waals surface area contributed by atoms with Crippen LogP contribution in [0.15, 0.2) is 35.2 Å². The maximum atomic E-state index is 14.1. The van der Waals surface area contributed by atoms with Gasteiger partial charge in [-0.2, -0.15) is 9.57 Å². The summed E-state index contributed by atoms with van der Waals surface area (Å²) >= 11 is 0. The van der Waals surface area contributed by atoms with Gasteiger partial charge in [-0.15, -0.1) is 0 Å². The summed E-state index contributed by atoms with van der Waals surface area (Å²) in [6, 6.07) is 11.7. The molecule has 2 aliphatic rings. The van der Waals surface area contributed by atoms with Gasteiger partial charge in [0, 0.05) is 18.5 Å². The Kier molecular flexibility index (Phi) is 7.66. The van der Waals surface area contributed by atoms with Crippen molar-refractivity contribution in [3.05, 3.63) is 58.1 Å². The topological polar surface area (TPSA) is 96.7 Å². The number of esters is 1. The highest BCUT2D eigenvalue weighted by Crippen LogP contribution is 2.46. The van der Waals surface area contributed by atoms with Crippen LogP contribution in [0.3, 0.4) is 0 Å². The Hall–Kier alpha value is -2.89. The number of piperidine rings is 1. The summed E-state index contributed by atoms with van der Waals surface area (Å²) in [7, 11) is -3.82. The van der Waals surface area contributed by atoms with Gasteiger partial charge in [0.25, 0.3) is 0 Å². The number of sulfonamides is 1. The number of benzene rings is 2. The van der Waals surface area contributed by atoms with Crippen LogP contribution in [0.5, 0.6) is 5.75 Å². The SMILES string of the molecule is CCOC(=O)C(C#N)C1(c2ccccc2)CCN(S(=O)(=O)c2c(C)c(C)c3c(c2C)CCC(C)(C)O3)CC1. The Morgan fingerprint density at radius 1 is 1.08 bits per heavy atom. The zero-order valence-electron chi connectivity index (χ0n) is 23.3. The van der Waals surface area contributed by atoms with Crippen LogP contribution < -0.4 is 4.74 Å². The molecule has 0 spiro atoms. The number of carbonyl (C=O) groups excluding carboxylic acids is 1. The van der Waals surface area contributed by atoms with Crippen LogP contribution in [0, 0.1) is 38.0 Å². The molecule has 0 aromatic heterocycles. The van der Waals surface area contributed by atoms with Crippen molar-refractivity contribution in [1.82, 2.24) is 4.31 Å². The molecule has 1 atom stereocenters. The van der Waals surface area contributed by atoms with Crippen LogP contribution in [0.25, 0.3) is 0 Å². The Bertz CT molecular complexity index is 1370. The van der Waals surface area contributed by atoms with Gasteiger partial charge in [-0.3, -0.25) is 4.79 Å². The van der Waals surface area contributed by atoms with E-state index in [-0.39, 0.29) is 25.3 Å². The quantitative estimate of drug-likeness (QED) is 0.473. The molecule has 1 saturated heterocycles. The monoisotopic (exact) mass is 538 g/mol. The van der Waals surface area contributed by atoms with E-state index in [1.165, 1.54) is 4.31 Å². The van der Waals surface area contributed by atoms with Crippen molar-refractivity contribution in [1.29, 1.82) is 5.26 Å². The Morgan fingerprint density at radius 3 is 2.29 bits per heavy atom. The zero-order chi connectivity index (χ0) is 27.9. The van der Waals surface area contributed by atoms with Crippen LogP contribution >= 0.6 is 0 Å². The molecule has 0 N–H and O–H groups in total. The summed E-state index contributed by atoms with van der Waals surface area (Å²) in [4.78, 5) is 13.2. The second-order valence-electron chi connectivity index (χ2n) is 11.1. The third kappa shape index (κ3) is 4.71. The lowest BCUT2D eigenvalue weighted by Gasteiger charge is -2.43. The third-order valence-corrected chi connectivity index (χ3v) is 10.6. The van der Waals surface area contributed by atoms with Crippen LogP contribution in [0.4, 0.5) is 0 Å². The fraction of sp³-hybridized carbons (Fsp3) is 0.533. The second kappa shape index (κ2) is 10.3. The van der Waals surface area contributed by atoms with Crippen LogP contribution in [0.2, 0.25) is 0 Å². The van der Waals surface area contributed by atoms with Gasteiger partial charge in [-0.25, -0.2) is 8.42 Å². The third-order valence-electron chi connectivity index (χ3n) is 8.43. The van der Waals surface area contributed by atoms with Gasteiger partial charge >= 0.3 is 5.97 Å². The van der Waals surface area contributed by atoms with Crippen molar-refractivity contribution in [2.75, 3.05) is 19.7 Å². The van der Waals surface area contributed by atoms with Gasteiger partial charge in [-0.1, -0.05) is 30.3 Å². The van der Waals surface area contributed by atoms with Crippen molar-refractivity contribution in [3.8, 4) is 11.8 Å². The van der Waals surface area contributed by atoms with Crippen LogP contribution in [0.1, 0.15) is 67.9 Å². The van der Waals surface area contributed by atoms with Crippen molar-refractivity contribution in [2.45, 2.75) is 83.1 Å². The van der Waals surface area contributed by atoms with Gasteiger partial charge in [0.2, 0.25) is 10.0 Å². The first kappa shape index (κ1) is 28.1. The zero-order valence-corrected chi connectivity index (χ0v) is 24.1. The first-order chi connectivity index (χ1) is 17.9. The fourth-order valence-electron chi connectivity index (χ4n) is 6.13. The van der Waals surface area contributed by atoms with E-state index < -0.39 is 27.3 Å². The average molecular weight is 539 g/mol. The van der Waals surface area contributed by atoms with Crippen molar-refractivity contribution in [2.24, 2.45) is 5.92 Å².